The summed E-state index contributed by atoms with van der Waals surface area (Å²) in [6.45, 7) is 4.63. The lowest BCUT2D eigenvalue weighted by molar-refractivity contribution is 0.0379. The summed E-state index contributed by atoms with van der Waals surface area (Å²) in [5.74, 6) is -0.140. The van der Waals surface area contributed by atoms with Crippen LogP contribution in [0.25, 0.3) is 16.6 Å². The number of nitriles is 1. The fraction of sp³-hybridized carbons (Fsp3) is 0.423. The number of carbonyl (C=O) groups is 1. The highest BCUT2D eigenvalue weighted by Gasteiger charge is 2.38. The largest absolute Gasteiger partial charge is 0.350 e. The average Bonchev–Trinajstić information content (AvgIpc) is 3.29. The van der Waals surface area contributed by atoms with Crippen LogP contribution in [0.1, 0.15) is 48.2 Å². The first-order valence-corrected chi connectivity index (χ1v) is 12.4. The molecule has 5 rings (SSSR count). The molecule has 0 bridgehead atoms. The van der Waals surface area contributed by atoms with Gasteiger partial charge in [-0.25, -0.2) is 4.98 Å². The van der Waals surface area contributed by atoms with Crippen LogP contribution in [0.3, 0.4) is 0 Å². The summed E-state index contributed by atoms with van der Waals surface area (Å²) >= 11 is 6.59. The molecule has 1 aromatic carbocycles. The zero-order valence-electron chi connectivity index (χ0n) is 19.2. The summed E-state index contributed by atoms with van der Waals surface area (Å²) in [6.07, 6.45) is 9.24. The van der Waals surface area contributed by atoms with Crippen LogP contribution in [0.2, 0.25) is 5.02 Å². The molecule has 1 saturated carbocycles. The van der Waals surface area contributed by atoms with E-state index < -0.39 is 0 Å². The van der Waals surface area contributed by atoms with E-state index in [4.69, 9.17) is 11.6 Å². The highest BCUT2D eigenvalue weighted by atomic mass is 35.5. The lowest BCUT2D eigenvalue weighted by atomic mass is 9.79. The van der Waals surface area contributed by atoms with Crippen molar-refractivity contribution in [1.29, 1.82) is 5.26 Å². The molecule has 176 valence electrons. The van der Waals surface area contributed by atoms with E-state index in [0.29, 0.717) is 33.9 Å². The summed E-state index contributed by atoms with van der Waals surface area (Å²) in [7, 11) is 0. The molecule has 0 spiro atoms. The van der Waals surface area contributed by atoms with Crippen LogP contribution < -0.4 is 10.6 Å². The molecule has 1 amide bonds. The van der Waals surface area contributed by atoms with Gasteiger partial charge in [0.15, 0.2) is 5.69 Å². The number of halogens is 1. The Hall–Kier alpha value is -2.92. The van der Waals surface area contributed by atoms with Crippen LogP contribution in [-0.4, -0.2) is 58.6 Å². The molecular formula is C26H29ClN6O. The van der Waals surface area contributed by atoms with E-state index in [2.05, 4.69) is 26.6 Å². The lowest BCUT2D eigenvalue weighted by Gasteiger charge is -2.48. The molecule has 2 N–H and O–H groups in total. The van der Waals surface area contributed by atoms with Gasteiger partial charge in [0.25, 0.3) is 5.91 Å². The second-order valence-corrected chi connectivity index (χ2v) is 9.64. The van der Waals surface area contributed by atoms with Gasteiger partial charge < -0.3 is 15.2 Å². The van der Waals surface area contributed by atoms with Gasteiger partial charge in [-0.3, -0.25) is 9.69 Å². The first-order chi connectivity index (χ1) is 16.6. The predicted molar refractivity (Wildman–Crippen MR) is 133 cm³/mol. The van der Waals surface area contributed by atoms with Crippen molar-refractivity contribution in [1.82, 2.24) is 25.1 Å². The first kappa shape index (κ1) is 22.9. The summed E-state index contributed by atoms with van der Waals surface area (Å²) in [5, 5.41) is 17.5. The van der Waals surface area contributed by atoms with Crippen LogP contribution in [-0.2, 0) is 0 Å². The first-order valence-electron chi connectivity index (χ1n) is 12.0. The van der Waals surface area contributed by atoms with Crippen LogP contribution in [0.15, 0.2) is 42.7 Å². The molecular weight excluding hydrogens is 448 g/mol. The molecule has 0 atom stereocenters. The minimum Gasteiger partial charge on any atom is -0.350 e. The fourth-order valence-electron chi connectivity index (χ4n) is 5.59. The maximum Gasteiger partial charge on any atom is 0.253 e. The number of benzene rings is 1. The second-order valence-electron chi connectivity index (χ2n) is 9.23. The summed E-state index contributed by atoms with van der Waals surface area (Å²) in [4.78, 5) is 20.3. The summed E-state index contributed by atoms with van der Waals surface area (Å²) < 4.78 is 1.84. The quantitative estimate of drug-likeness (QED) is 0.583. The Balaban J connectivity index is 1.48. The van der Waals surface area contributed by atoms with E-state index in [9.17, 15) is 10.1 Å². The number of aromatic nitrogens is 2. The number of hydrogen-bond donors (Lipinski definition) is 2. The molecule has 2 fully saturated rings. The molecule has 0 radical (unpaired) electrons. The minimum atomic E-state index is -0.140. The van der Waals surface area contributed by atoms with Gasteiger partial charge in [0.2, 0.25) is 0 Å². The number of rotatable bonds is 5. The molecule has 8 heteroatoms. The molecule has 3 heterocycles. The van der Waals surface area contributed by atoms with Gasteiger partial charge in [-0.2, -0.15) is 5.26 Å². The Bertz CT molecular complexity index is 1230. The average molecular weight is 477 g/mol. The Kier molecular flexibility index (Phi) is 6.55. The van der Waals surface area contributed by atoms with Crippen molar-refractivity contribution in [2.24, 2.45) is 0 Å². The van der Waals surface area contributed by atoms with Crippen LogP contribution in [0.4, 0.5) is 0 Å². The zero-order chi connectivity index (χ0) is 23.5. The van der Waals surface area contributed by atoms with Crippen molar-refractivity contribution in [2.75, 3.05) is 32.7 Å². The molecule has 1 aliphatic carbocycles. The Morgan fingerprint density at radius 2 is 1.97 bits per heavy atom. The smallest absolute Gasteiger partial charge is 0.253 e. The fourth-order valence-corrected chi connectivity index (χ4v) is 5.86. The van der Waals surface area contributed by atoms with Gasteiger partial charge in [-0.1, -0.05) is 36.9 Å². The van der Waals surface area contributed by atoms with E-state index in [1.807, 2.05) is 22.8 Å². The number of fused-ring (bicyclic) bond motifs is 1. The third kappa shape index (κ3) is 4.18. The number of hydrogen-bond acceptors (Lipinski definition) is 5. The van der Waals surface area contributed by atoms with Crippen molar-refractivity contribution >= 4 is 28.4 Å². The topological polar surface area (TPSA) is 86.0 Å². The molecule has 2 aromatic heterocycles. The van der Waals surface area contributed by atoms with Crippen molar-refractivity contribution in [2.45, 2.75) is 37.6 Å². The van der Waals surface area contributed by atoms with E-state index in [1.54, 1.807) is 24.5 Å². The highest BCUT2D eigenvalue weighted by Crippen LogP contribution is 2.35. The van der Waals surface area contributed by atoms with Crippen LogP contribution in [0, 0.1) is 11.3 Å². The maximum atomic E-state index is 13.6. The third-order valence-corrected chi connectivity index (χ3v) is 7.64. The number of nitrogens with zero attached hydrogens (tertiary/aromatic N) is 4. The SMILES string of the molecule is N#Cc1ncccc1-n1cc(C(=O)NCC2(N3CCNCC3)CCCCC2)c2c(Cl)cccc21. The maximum absolute atomic E-state index is 13.6. The van der Waals surface area contributed by atoms with Gasteiger partial charge in [0.05, 0.1) is 21.8 Å². The number of amides is 1. The Morgan fingerprint density at radius 3 is 2.74 bits per heavy atom. The number of nitrogens with one attached hydrogen (secondary N) is 2. The molecule has 3 aromatic rings. The Labute approximate surface area is 204 Å². The summed E-state index contributed by atoms with van der Waals surface area (Å²) in [6, 6.07) is 11.3. The van der Waals surface area contributed by atoms with E-state index >= 15 is 0 Å². The molecule has 1 saturated heterocycles. The molecule has 34 heavy (non-hydrogen) atoms. The van der Waals surface area contributed by atoms with E-state index in [0.717, 1.165) is 44.5 Å². The van der Waals surface area contributed by atoms with E-state index in [-0.39, 0.29) is 11.4 Å². The standard InChI is InChI=1S/C26H29ClN6O/c27-20-6-4-7-23-24(20)19(17-33(23)22-8-5-11-30-21(22)16-28)25(34)31-18-26(9-2-1-3-10-26)32-14-12-29-13-15-32/h4-8,11,17,29H,1-3,9-10,12-15,18H2,(H,31,34). The van der Waals surface area contributed by atoms with Crippen molar-refractivity contribution in [3.63, 3.8) is 0 Å². The molecule has 1 aliphatic heterocycles. The van der Waals surface area contributed by atoms with Gasteiger partial charge in [0, 0.05) is 56.0 Å². The number of carbonyl (C=O) groups excluding carboxylic acids is 1. The molecule has 7 nitrogen and oxygen atoms in total. The Morgan fingerprint density at radius 1 is 1.18 bits per heavy atom. The molecule has 2 aliphatic rings. The second kappa shape index (κ2) is 9.75. The third-order valence-electron chi connectivity index (χ3n) is 7.33. The van der Waals surface area contributed by atoms with Crippen molar-refractivity contribution < 1.29 is 4.79 Å². The van der Waals surface area contributed by atoms with Gasteiger partial charge in [-0.05, 0) is 37.1 Å². The van der Waals surface area contributed by atoms with Crippen LogP contribution in [0.5, 0.6) is 0 Å². The number of pyridine rings is 1. The van der Waals surface area contributed by atoms with Gasteiger partial charge >= 0.3 is 0 Å². The van der Waals surface area contributed by atoms with Gasteiger partial charge in [-0.15, -0.1) is 0 Å². The van der Waals surface area contributed by atoms with Gasteiger partial charge in [0.1, 0.15) is 6.07 Å². The predicted octanol–water partition coefficient (Wildman–Crippen LogP) is 3.89. The van der Waals surface area contributed by atoms with Crippen molar-refractivity contribution in [3.05, 3.63) is 59.0 Å². The monoisotopic (exact) mass is 476 g/mol. The highest BCUT2D eigenvalue weighted by molar-refractivity contribution is 6.37. The minimum absolute atomic E-state index is 0.00943. The molecule has 0 unspecified atom stereocenters. The summed E-state index contributed by atoms with van der Waals surface area (Å²) in [5.41, 5.74) is 2.22. The van der Waals surface area contributed by atoms with Crippen LogP contribution >= 0.6 is 11.6 Å². The lowest BCUT2D eigenvalue weighted by Crippen LogP contribution is -2.61. The zero-order valence-corrected chi connectivity index (χ0v) is 19.9. The van der Waals surface area contributed by atoms with Crippen molar-refractivity contribution in [3.8, 4) is 11.8 Å². The normalized spacial score (nSPS) is 18.5. The number of piperazine rings is 1. The van der Waals surface area contributed by atoms with E-state index in [1.165, 1.54) is 19.3 Å².